The summed E-state index contributed by atoms with van der Waals surface area (Å²) >= 11 is 0. The second kappa shape index (κ2) is 6.88. The lowest BCUT2D eigenvalue weighted by Crippen LogP contribution is -2.39. The molecule has 1 aliphatic carbocycles. The van der Waals surface area contributed by atoms with E-state index in [0.29, 0.717) is 6.04 Å². The fraction of sp³-hybridized carbons (Fsp3) is 0.583. The highest BCUT2D eigenvalue weighted by atomic mass is 127. The fourth-order valence-corrected chi connectivity index (χ4v) is 1.65. The molecule has 1 heterocycles. The normalized spacial score (nSPS) is 22.8. The number of rotatable bonds is 4. The van der Waals surface area contributed by atoms with E-state index in [2.05, 4.69) is 22.5 Å². The summed E-state index contributed by atoms with van der Waals surface area (Å²) in [4.78, 5) is 4.19. The van der Waals surface area contributed by atoms with Crippen molar-refractivity contribution in [3.05, 3.63) is 24.2 Å². The van der Waals surface area contributed by atoms with Crippen LogP contribution in [-0.4, -0.2) is 25.6 Å². The molecule has 1 aromatic heterocycles. The standard InChI is InChI=1S/C12H19N3O.HI/c1-9-8-11(9)15-12(13-2)14-6-5-10-4-3-7-16-10;/h3-4,7,9,11H,5-6,8H2,1-2H3,(H2,13,14,15);1H. The number of nitrogens with one attached hydrogen (secondary N) is 2. The Hall–Kier alpha value is -0.720. The summed E-state index contributed by atoms with van der Waals surface area (Å²) in [5, 5.41) is 6.66. The van der Waals surface area contributed by atoms with Gasteiger partial charge < -0.3 is 15.1 Å². The highest BCUT2D eigenvalue weighted by Crippen LogP contribution is 2.28. The predicted molar refractivity (Wildman–Crippen MR) is 79.9 cm³/mol. The van der Waals surface area contributed by atoms with E-state index in [1.54, 1.807) is 13.3 Å². The van der Waals surface area contributed by atoms with E-state index >= 15 is 0 Å². The molecule has 1 aromatic rings. The monoisotopic (exact) mass is 349 g/mol. The summed E-state index contributed by atoms with van der Waals surface area (Å²) in [7, 11) is 1.80. The number of aliphatic imine (C=N–C) groups is 1. The van der Waals surface area contributed by atoms with Crippen molar-refractivity contribution in [3.63, 3.8) is 0 Å². The molecule has 96 valence electrons. The molecule has 2 N–H and O–H groups in total. The molecule has 1 fully saturated rings. The number of nitrogens with zero attached hydrogens (tertiary/aromatic N) is 1. The number of furan rings is 1. The average molecular weight is 349 g/mol. The summed E-state index contributed by atoms with van der Waals surface area (Å²) < 4.78 is 5.26. The van der Waals surface area contributed by atoms with Gasteiger partial charge in [0.15, 0.2) is 5.96 Å². The highest BCUT2D eigenvalue weighted by molar-refractivity contribution is 14.0. The second-order valence-electron chi connectivity index (χ2n) is 4.29. The highest BCUT2D eigenvalue weighted by Gasteiger charge is 2.33. The van der Waals surface area contributed by atoms with Crippen LogP contribution in [0.5, 0.6) is 0 Å². The van der Waals surface area contributed by atoms with Crippen LogP contribution in [0, 0.1) is 5.92 Å². The zero-order valence-electron chi connectivity index (χ0n) is 10.3. The number of hydrogen-bond acceptors (Lipinski definition) is 2. The summed E-state index contributed by atoms with van der Waals surface area (Å²) in [6, 6.07) is 4.50. The molecule has 0 bridgehead atoms. The lowest BCUT2D eigenvalue weighted by Gasteiger charge is -2.10. The van der Waals surface area contributed by atoms with E-state index in [1.807, 2.05) is 12.1 Å². The Balaban J connectivity index is 0.00000144. The van der Waals surface area contributed by atoms with Gasteiger partial charge in [-0.3, -0.25) is 4.99 Å². The van der Waals surface area contributed by atoms with Gasteiger partial charge >= 0.3 is 0 Å². The molecule has 0 amide bonds. The van der Waals surface area contributed by atoms with Crippen LogP contribution in [0.4, 0.5) is 0 Å². The third-order valence-corrected chi connectivity index (χ3v) is 2.90. The van der Waals surface area contributed by atoms with Crippen molar-refractivity contribution in [2.24, 2.45) is 10.9 Å². The molecule has 2 unspecified atom stereocenters. The maximum absolute atomic E-state index is 5.26. The Labute approximate surface area is 119 Å². The first kappa shape index (κ1) is 14.3. The number of guanidine groups is 1. The van der Waals surface area contributed by atoms with Gasteiger partial charge in [0.05, 0.1) is 6.26 Å². The van der Waals surface area contributed by atoms with Crippen molar-refractivity contribution in [2.75, 3.05) is 13.6 Å². The molecule has 1 aliphatic rings. The van der Waals surface area contributed by atoms with Gasteiger partial charge in [-0.25, -0.2) is 0 Å². The summed E-state index contributed by atoms with van der Waals surface area (Å²) in [6.07, 6.45) is 3.83. The van der Waals surface area contributed by atoms with Gasteiger partial charge in [0, 0.05) is 26.1 Å². The minimum absolute atomic E-state index is 0. The lowest BCUT2D eigenvalue weighted by atomic mass is 10.3. The van der Waals surface area contributed by atoms with Crippen molar-refractivity contribution in [3.8, 4) is 0 Å². The van der Waals surface area contributed by atoms with Crippen molar-refractivity contribution in [1.82, 2.24) is 10.6 Å². The topological polar surface area (TPSA) is 49.6 Å². The van der Waals surface area contributed by atoms with E-state index in [1.165, 1.54) is 6.42 Å². The first-order valence-electron chi connectivity index (χ1n) is 5.79. The molecule has 5 heteroatoms. The van der Waals surface area contributed by atoms with Crippen molar-refractivity contribution in [2.45, 2.75) is 25.8 Å². The van der Waals surface area contributed by atoms with E-state index in [9.17, 15) is 0 Å². The summed E-state index contributed by atoms with van der Waals surface area (Å²) in [5.74, 6) is 2.67. The Kier molecular flexibility index (Phi) is 5.80. The van der Waals surface area contributed by atoms with Crippen LogP contribution in [0.1, 0.15) is 19.1 Å². The van der Waals surface area contributed by atoms with Crippen LogP contribution in [0.15, 0.2) is 27.8 Å². The van der Waals surface area contributed by atoms with E-state index < -0.39 is 0 Å². The lowest BCUT2D eigenvalue weighted by molar-refractivity contribution is 0.506. The zero-order valence-corrected chi connectivity index (χ0v) is 12.6. The molecule has 0 spiro atoms. The van der Waals surface area contributed by atoms with Crippen LogP contribution in [0.3, 0.4) is 0 Å². The number of hydrogen-bond donors (Lipinski definition) is 2. The van der Waals surface area contributed by atoms with Crippen molar-refractivity contribution in [1.29, 1.82) is 0 Å². The Bertz CT molecular complexity index is 351. The van der Waals surface area contributed by atoms with Crippen molar-refractivity contribution < 1.29 is 4.42 Å². The van der Waals surface area contributed by atoms with Gasteiger partial charge in [-0.15, -0.1) is 24.0 Å². The van der Waals surface area contributed by atoms with Gasteiger partial charge in [0.2, 0.25) is 0 Å². The van der Waals surface area contributed by atoms with E-state index in [4.69, 9.17) is 4.42 Å². The Morgan fingerprint density at radius 3 is 2.88 bits per heavy atom. The third-order valence-electron chi connectivity index (χ3n) is 2.90. The minimum Gasteiger partial charge on any atom is -0.469 e. The van der Waals surface area contributed by atoms with Gasteiger partial charge in [-0.05, 0) is 24.5 Å². The molecule has 0 aliphatic heterocycles. The van der Waals surface area contributed by atoms with Gasteiger partial charge in [-0.1, -0.05) is 6.92 Å². The van der Waals surface area contributed by atoms with Gasteiger partial charge in [0.25, 0.3) is 0 Å². The van der Waals surface area contributed by atoms with E-state index in [0.717, 1.165) is 30.6 Å². The van der Waals surface area contributed by atoms with Crippen LogP contribution < -0.4 is 10.6 Å². The fourth-order valence-electron chi connectivity index (χ4n) is 1.65. The third kappa shape index (κ3) is 4.57. The summed E-state index contributed by atoms with van der Waals surface area (Å²) in [5.41, 5.74) is 0. The quantitative estimate of drug-likeness (QED) is 0.497. The molecule has 0 aromatic carbocycles. The molecule has 4 nitrogen and oxygen atoms in total. The molecule has 17 heavy (non-hydrogen) atoms. The van der Waals surface area contributed by atoms with Crippen LogP contribution in [0.25, 0.3) is 0 Å². The second-order valence-corrected chi connectivity index (χ2v) is 4.29. The molecular formula is C12H20IN3O. The average Bonchev–Trinajstić information content (AvgIpc) is 2.79. The maximum Gasteiger partial charge on any atom is 0.191 e. The van der Waals surface area contributed by atoms with Gasteiger partial charge in [-0.2, -0.15) is 0 Å². The van der Waals surface area contributed by atoms with Crippen molar-refractivity contribution >= 4 is 29.9 Å². The Morgan fingerprint density at radius 1 is 1.59 bits per heavy atom. The largest absolute Gasteiger partial charge is 0.469 e. The first-order chi connectivity index (χ1) is 7.79. The SMILES string of the molecule is CN=C(NCCc1ccco1)NC1CC1C.I. The maximum atomic E-state index is 5.26. The Morgan fingerprint density at radius 2 is 2.35 bits per heavy atom. The van der Waals surface area contributed by atoms with E-state index in [-0.39, 0.29) is 24.0 Å². The molecular weight excluding hydrogens is 329 g/mol. The van der Waals surface area contributed by atoms with Crippen LogP contribution in [0.2, 0.25) is 0 Å². The molecule has 1 saturated carbocycles. The molecule has 0 saturated heterocycles. The minimum atomic E-state index is 0. The van der Waals surface area contributed by atoms with Gasteiger partial charge in [0.1, 0.15) is 5.76 Å². The smallest absolute Gasteiger partial charge is 0.191 e. The molecule has 2 rings (SSSR count). The first-order valence-corrected chi connectivity index (χ1v) is 5.79. The molecule has 2 atom stereocenters. The molecule has 0 radical (unpaired) electrons. The zero-order chi connectivity index (χ0) is 11.4. The van der Waals surface area contributed by atoms with Crippen LogP contribution >= 0.6 is 24.0 Å². The number of halogens is 1. The predicted octanol–water partition coefficient (Wildman–Crippen LogP) is 2.01. The van der Waals surface area contributed by atoms with Crippen LogP contribution in [-0.2, 0) is 6.42 Å². The summed E-state index contributed by atoms with van der Waals surface area (Å²) in [6.45, 7) is 3.09.